The number of nitrogens with zero attached hydrogens (tertiary/aromatic N) is 8. The molecule has 0 amide bonds. The standard InChI is InChI=1S/C26H36N6O4S.C20H27N7O2S.ClH/c1-17-5-11-21(13-22(17)37(27,34)35)30-25-28-14-20-15-29-32(24(20)31-25)16-19-8-6-18(7-9-19)10-12-23(33)36-26(2,3)4;1-13-2-7-17(8-18(13)30(22,28)29)25-20-23-10-16-11-24-27(19(16)26-20)12-15-5-3-14(9-21)4-6-15;/h5,11,13-15,18-19H,6-10,12,16H2,1-4H3,(H2,27,34,35)(H,28,30,31);2,7-8,10-11,14-15H,3-6,9,12,21H2,1H3,(H2,22,28,29)(H,23,25,26);1H. The molecule has 0 bridgehead atoms. The van der Waals surface area contributed by atoms with Gasteiger partial charge in [-0.1, -0.05) is 25.0 Å². The summed E-state index contributed by atoms with van der Waals surface area (Å²) in [6, 6.07) is 9.89. The van der Waals surface area contributed by atoms with Crippen LogP contribution in [0.5, 0.6) is 0 Å². The van der Waals surface area contributed by atoms with Gasteiger partial charge in [-0.25, -0.2) is 46.4 Å². The van der Waals surface area contributed by atoms with Gasteiger partial charge in [-0.15, -0.1) is 12.4 Å². The quantitative estimate of drug-likeness (QED) is 0.0677. The van der Waals surface area contributed by atoms with Crippen molar-refractivity contribution in [1.82, 2.24) is 39.5 Å². The molecule has 4 aromatic heterocycles. The second-order valence-electron chi connectivity index (χ2n) is 19.0. The molecule has 0 saturated heterocycles. The van der Waals surface area contributed by atoms with Gasteiger partial charge in [0.2, 0.25) is 31.9 Å². The fourth-order valence-corrected chi connectivity index (χ4v) is 10.5. The van der Waals surface area contributed by atoms with Gasteiger partial charge < -0.3 is 21.1 Å². The van der Waals surface area contributed by atoms with E-state index in [1.54, 1.807) is 62.9 Å². The topological polar surface area (TPSA) is 284 Å². The zero-order valence-electron chi connectivity index (χ0n) is 39.3. The Labute approximate surface area is 404 Å². The Morgan fingerprint density at radius 1 is 0.676 bits per heavy atom. The fourth-order valence-electron chi connectivity index (χ4n) is 8.90. The van der Waals surface area contributed by atoms with E-state index in [1.807, 2.05) is 30.1 Å². The van der Waals surface area contributed by atoms with Gasteiger partial charge in [-0.2, -0.15) is 20.2 Å². The zero-order chi connectivity index (χ0) is 48.1. The molecule has 0 spiro atoms. The predicted octanol–water partition coefficient (Wildman–Crippen LogP) is 7.17. The van der Waals surface area contributed by atoms with Crippen LogP contribution < -0.4 is 26.6 Å². The van der Waals surface area contributed by atoms with Crippen molar-refractivity contribution in [2.24, 2.45) is 39.7 Å². The predicted molar refractivity (Wildman–Crippen MR) is 265 cm³/mol. The van der Waals surface area contributed by atoms with Crippen LogP contribution in [-0.4, -0.2) is 74.4 Å². The summed E-state index contributed by atoms with van der Waals surface area (Å²) in [6.45, 7) is 11.4. The number of fused-ring (bicyclic) bond motifs is 2. The van der Waals surface area contributed by atoms with Gasteiger partial charge in [-0.3, -0.25) is 4.79 Å². The van der Waals surface area contributed by atoms with E-state index < -0.39 is 25.6 Å². The fraction of sp³-hybridized carbons (Fsp3) is 0.500. The first-order valence-corrected chi connectivity index (χ1v) is 25.9. The number of nitrogens with one attached hydrogen (secondary N) is 2. The number of carbonyl (C=O) groups is 1. The number of esters is 1. The number of aromatic nitrogens is 8. The van der Waals surface area contributed by atoms with Gasteiger partial charge in [0.05, 0.1) is 33.0 Å². The summed E-state index contributed by atoms with van der Waals surface area (Å²) >= 11 is 0. The van der Waals surface area contributed by atoms with Gasteiger partial charge in [-0.05, 0) is 145 Å². The number of primary sulfonamides is 2. The summed E-state index contributed by atoms with van der Waals surface area (Å²) in [4.78, 5) is 30.1. The van der Waals surface area contributed by atoms with E-state index in [4.69, 9.17) is 20.7 Å². The number of sulfonamides is 2. The summed E-state index contributed by atoms with van der Waals surface area (Å²) in [5.41, 5.74) is 9.08. The van der Waals surface area contributed by atoms with Crippen molar-refractivity contribution in [3.8, 4) is 0 Å². The van der Waals surface area contributed by atoms with E-state index in [0.29, 0.717) is 64.5 Å². The van der Waals surface area contributed by atoms with Gasteiger partial charge in [0.1, 0.15) is 5.60 Å². The smallest absolute Gasteiger partial charge is 0.306 e. The number of halogens is 1. The normalized spacial score (nSPS) is 18.9. The van der Waals surface area contributed by atoms with Crippen molar-refractivity contribution < 1.29 is 26.4 Å². The molecule has 8 rings (SSSR count). The van der Waals surface area contributed by atoms with Gasteiger partial charge in [0.15, 0.2) is 11.3 Å². The van der Waals surface area contributed by atoms with E-state index >= 15 is 0 Å². The van der Waals surface area contributed by atoms with Crippen LogP contribution in [0.3, 0.4) is 0 Å². The van der Waals surface area contributed by atoms with Crippen LogP contribution >= 0.6 is 12.4 Å². The maximum Gasteiger partial charge on any atom is 0.306 e. The first-order valence-electron chi connectivity index (χ1n) is 22.8. The molecule has 2 saturated carbocycles. The minimum absolute atomic E-state index is 0. The van der Waals surface area contributed by atoms with Crippen molar-refractivity contribution in [2.45, 2.75) is 127 Å². The second-order valence-corrected chi connectivity index (χ2v) is 22.1. The molecule has 2 fully saturated rings. The molecular formula is C46H64ClN13O6S2. The molecule has 2 aromatic carbocycles. The average Bonchev–Trinajstić information content (AvgIpc) is 3.86. The lowest BCUT2D eigenvalue weighted by Crippen LogP contribution is -2.25. The average molecular weight is 995 g/mol. The van der Waals surface area contributed by atoms with Crippen molar-refractivity contribution in [3.05, 3.63) is 72.3 Å². The Balaban J connectivity index is 0.000000225. The maximum atomic E-state index is 12.0. The highest BCUT2D eigenvalue weighted by atomic mass is 35.5. The third-order valence-electron chi connectivity index (χ3n) is 12.6. The Morgan fingerprint density at radius 2 is 1.09 bits per heavy atom. The molecule has 6 aromatic rings. The number of aryl methyl sites for hydroxylation is 2. The van der Waals surface area contributed by atoms with Crippen LogP contribution in [0.1, 0.15) is 96.1 Å². The van der Waals surface area contributed by atoms with Crippen molar-refractivity contribution in [3.63, 3.8) is 0 Å². The lowest BCUT2D eigenvalue weighted by atomic mass is 9.80. The monoisotopic (exact) mass is 993 g/mol. The molecule has 2 aliphatic carbocycles. The number of ether oxygens (including phenoxy) is 1. The highest BCUT2D eigenvalue weighted by molar-refractivity contribution is 7.89. The summed E-state index contributed by atoms with van der Waals surface area (Å²) < 4.78 is 56.5. The lowest BCUT2D eigenvalue weighted by molar-refractivity contribution is -0.155. The Kier molecular flexibility index (Phi) is 16.8. The molecule has 0 atom stereocenters. The summed E-state index contributed by atoms with van der Waals surface area (Å²) in [6.07, 6.45) is 17.3. The first kappa shape index (κ1) is 52.1. The highest BCUT2D eigenvalue weighted by Gasteiger charge is 2.25. The van der Waals surface area contributed by atoms with Crippen molar-refractivity contribution in [2.75, 3.05) is 17.2 Å². The Hall–Kier alpha value is -5.32. The lowest BCUT2D eigenvalue weighted by Gasteiger charge is -2.28. The second kappa shape index (κ2) is 22.0. The van der Waals surface area contributed by atoms with Crippen LogP contribution in [-0.2, 0) is 42.7 Å². The SMILES string of the molecule is Cc1ccc(Nc2ncc3cnn(CC4CCC(CCC(=O)OC(C)(C)C)CC4)c3n2)cc1S(N)(=O)=O.Cc1ccc(Nc2ncc3cnn(CC4CCC(CN)CC4)c3n2)cc1S(N)(=O)=O.Cl. The number of rotatable bonds is 14. The summed E-state index contributed by atoms with van der Waals surface area (Å²) in [5.74, 6) is 2.86. The Morgan fingerprint density at radius 3 is 1.49 bits per heavy atom. The maximum absolute atomic E-state index is 12.0. The van der Waals surface area contributed by atoms with Crippen LogP contribution in [0, 0.1) is 37.5 Å². The van der Waals surface area contributed by atoms with Gasteiger partial charge in [0.25, 0.3) is 0 Å². The molecule has 4 heterocycles. The largest absolute Gasteiger partial charge is 0.460 e. The van der Waals surface area contributed by atoms with Gasteiger partial charge >= 0.3 is 5.97 Å². The molecule has 68 heavy (non-hydrogen) atoms. The minimum atomic E-state index is -3.83. The number of hydrogen-bond acceptors (Lipinski definition) is 15. The van der Waals surface area contributed by atoms with E-state index in [2.05, 4.69) is 40.8 Å². The molecule has 19 nitrogen and oxygen atoms in total. The first-order chi connectivity index (χ1) is 31.7. The van der Waals surface area contributed by atoms with Gasteiger partial charge in [0, 0.05) is 43.3 Å². The molecule has 0 radical (unpaired) electrons. The Bertz CT molecular complexity index is 2920. The number of carbonyl (C=O) groups excluding carboxylic acids is 1. The molecule has 22 heteroatoms. The third-order valence-corrected chi connectivity index (χ3v) is 14.7. The third kappa shape index (κ3) is 13.9. The summed E-state index contributed by atoms with van der Waals surface area (Å²) in [7, 11) is -7.64. The van der Waals surface area contributed by atoms with Crippen LogP contribution in [0.25, 0.3) is 22.1 Å². The van der Waals surface area contributed by atoms with Crippen LogP contribution in [0.2, 0.25) is 0 Å². The number of benzene rings is 2. The number of anilines is 4. The molecule has 0 unspecified atom stereocenters. The van der Waals surface area contributed by atoms with Crippen LogP contribution in [0.4, 0.5) is 23.3 Å². The van der Waals surface area contributed by atoms with E-state index in [-0.39, 0.29) is 28.2 Å². The number of nitrogens with two attached hydrogens (primary N) is 3. The highest BCUT2D eigenvalue weighted by Crippen LogP contribution is 2.34. The zero-order valence-corrected chi connectivity index (χ0v) is 41.7. The molecular weight excluding hydrogens is 930 g/mol. The molecule has 2 aliphatic rings. The van der Waals surface area contributed by atoms with Crippen molar-refractivity contribution >= 4 is 83.8 Å². The summed E-state index contributed by atoms with van der Waals surface area (Å²) in [5, 5.41) is 27.5. The van der Waals surface area contributed by atoms with E-state index in [1.165, 1.54) is 25.0 Å². The van der Waals surface area contributed by atoms with Crippen molar-refractivity contribution in [1.29, 1.82) is 0 Å². The van der Waals surface area contributed by atoms with Crippen LogP contribution in [0.15, 0.2) is 71.0 Å². The molecule has 0 aliphatic heterocycles. The molecule has 8 N–H and O–H groups in total. The number of hydrogen-bond donors (Lipinski definition) is 5. The molecule has 368 valence electrons. The van der Waals surface area contributed by atoms with E-state index in [9.17, 15) is 21.6 Å². The van der Waals surface area contributed by atoms with E-state index in [0.717, 1.165) is 86.6 Å². The minimum Gasteiger partial charge on any atom is -0.460 e.